The van der Waals surface area contributed by atoms with Gasteiger partial charge in [-0.15, -0.1) is 0 Å². The quantitative estimate of drug-likeness (QED) is 0.825. The molecule has 2 atom stereocenters. The highest BCUT2D eigenvalue weighted by atomic mass is 16.5. The lowest BCUT2D eigenvalue weighted by Crippen LogP contribution is -2.20. The first kappa shape index (κ1) is 11.5. The van der Waals surface area contributed by atoms with Gasteiger partial charge in [0.25, 0.3) is 0 Å². The lowest BCUT2D eigenvalue weighted by molar-refractivity contribution is 0.339. The number of hydrogen-bond donors (Lipinski definition) is 1. The van der Waals surface area contributed by atoms with Crippen LogP contribution in [0.5, 0.6) is 5.75 Å². The molecule has 16 heavy (non-hydrogen) atoms. The molecule has 0 radical (unpaired) electrons. The molecule has 2 heteroatoms. The Labute approximate surface area is 97.8 Å². The van der Waals surface area contributed by atoms with Gasteiger partial charge in [-0.05, 0) is 49.3 Å². The summed E-state index contributed by atoms with van der Waals surface area (Å²) in [5, 5.41) is 0. The molecule has 0 aromatic heterocycles. The molecule has 2 unspecified atom stereocenters. The maximum absolute atomic E-state index is 6.26. The molecule has 2 N–H and O–H groups in total. The van der Waals surface area contributed by atoms with E-state index in [1.807, 2.05) is 19.1 Å². The minimum atomic E-state index is 0.170. The molecule has 0 aliphatic heterocycles. The highest BCUT2D eigenvalue weighted by Gasteiger charge is 2.32. The van der Waals surface area contributed by atoms with Crippen LogP contribution in [0.4, 0.5) is 0 Å². The Morgan fingerprint density at radius 1 is 1.31 bits per heavy atom. The van der Waals surface area contributed by atoms with Crippen LogP contribution in [0.25, 0.3) is 0 Å². The highest BCUT2D eigenvalue weighted by Crippen LogP contribution is 2.41. The molecule has 0 heterocycles. The average molecular weight is 219 g/mol. The van der Waals surface area contributed by atoms with Crippen molar-refractivity contribution in [1.29, 1.82) is 0 Å². The number of ether oxygens (including phenoxy) is 1. The number of hydrogen-bond acceptors (Lipinski definition) is 2. The summed E-state index contributed by atoms with van der Waals surface area (Å²) in [4.78, 5) is 0. The Balaban J connectivity index is 2.02. The second kappa shape index (κ2) is 4.88. The van der Waals surface area contributed by atoms with Crippen LogP contribution < -0.4 is 10.5 Å². The summed E-state index contributed by atoms with van der Waals surface area (Å²) in [6.07, 6.45) is 2.71. The molecule has 1 aromatic rings. The van der Waals surface area contributed by atoms with Crippen molar-refractivity contribution >= 4 is 0 Å². The summed E-state index contributed by atoms with van der Waals surface area (Å²) in [6, 6.07) is 8.38. The normalized spacial score (nSPS) is 19.2. The smallest absolute Gasteiger partial charge is 0.119 e. The Bertz CT molecular complexity index is 329. The molecule has 1 aliphatic carbocycles. The highest BCUT2D eigenvalue weighted by molar-refractivity contribution is 5.29. The predicted octanol–water partition coefficient (Wildman–Crippen LogP) is 3.13. The van der Waals surface area contributed by atoms with Crippen LogP contribution in [0.2, 0.25) is 0 Å². The van der Waals surface area contributed by atoms with E-state index in [0.29, 0.717) is 12.5 Å². The lowest BCUT2D eigenvalue weighted by atomic mass is 9.91. The van der Waals surface area contributed by atoms with Crippen molar-refractivity contribution in [3.05, 3.63) is 29.8 Å². The van der Waals surface area contributed by atoms with Crippen molar-refractivity contribution in [2.75, 3.05) is 6.61 Å². The summed E-state index contributed by atoms with van der Waals surface area (Å²) in [7, 11) is 0. The Kier molecular flexibility index (Phi) is 3.49. The maximum atomic E-state index is 6.26. The van der Waals surface area contributed by atoms with Crippen molar-refractivity contribution in [2.24, 2.45) is 17.6 Å². The van der Waals surface area contributed by atoms with Gasteiger partial charge in [-0.2, -0.15) is 0 Å². The van der Waals surface area contributed by atoms with Crippen LogP contribution in [0.15, 0.2) is 24.3 Å². The van der Waals surface area contributed by atoms with E-state index in [1.54, 1.807) is 0 Å². The van der Waals surface area contributed by atoms with E-state index in [4.69, 9.17) is 10.5 Å². The third-order valence-electron chi connectivity index (χ3n) is 3.51. The molecule has 88 valence electrons. The molecule has 1 aliphatic rings. The summed E-state index contributed by atoms with van der Waals surface area (Å²) < 4.78 is 5.42. The lowest BCUT2D eigenvalue weighted by Gasteiger charge is -2.20. The molecular formula is C14H21NO. The van der Waals surface area contributed by atoms with E-state index < -0.39 is 0 Å². The zero-order valence-electron chi connectivity index (χ0n) is 10.1. The first-order chi connectivity index (χ1) is 7.72. The summed E-state index contributed by atoms with van der Waals surface area (Å²) in [6.45, 7) is 4.97. The third-order valence-corrected chi connectivity index (χ3v) is 3.51. The van der Waals surface area contributed by atoms with E-state index in [2.05, 4.69) is 19.1 Å². The van der Waals surface area contributed by atoms with Crippen molar-refractivity contribution in [3.63, 3.8) is 0 Å². The van der Waals surface area contributed by atoms with Gasteiger partial charge >= 0.3 is 0 Å². The van der Waals surface area contributed by atoms with Crippen LogP contribution in [-0.4, -0.2) is 6.61 Å². The van der Waals surface area contributed by atoms with Gasteiger partial charge < -0.3 is 10.5 Å². The van der Waals surface area contributed by atoms with E-state index in [9.17, 15) is 0 Å². The van der Waals surface area contributed by atoms with Gasteiger partial charge in [-0.1, -0.05) is 19.1 Å². The first-order valence-corrected chi connectivity index (χ1v) is 6.20. The molecular weight excluding hydrogens is 198 g/mol. The van der Waals surface area contributed by atoms with Crippen molar-refractivity contribution in [3.8, 4) is 5.75 Å². The van der Waals surface area contributed by atoms with Gasteiger partial charge in [0.2, 0.25) is 0 Å². The van der Waals surface area contributed by atoms with E-state index in [-0.39, 0.29) is 6.04 Å². The summed E-state index contributed by atoms with van der Waals surface area (Å²) in [5.41, 5.74) is 7.49. The summed E-state index contributed by atoms with van der Waals surface area (Å²) >= 11 is 0. The monoisotopic (exact) mass is 219 g/mol. The minimum Gasteiger partial charge on any atom is -0.494 e. The minimum absolute atomic E-state index is 0.170. The standard InChI is InChI=1S/C14H21NO/c1-3-16-13-8-6-12(7-9-13)14(15)10(2)11-4-5-11/h6-11,14H,3-5,15H2,1-2H3. The number of rotatable bonds is 5. The maximum Gasteiger partial charge on any atom is 0.119 e. The van der Waals surface area contributed by atoms with Crippen LogP contribution in [0.1, 0.15) is 38.3 Å². The van der Waals surface area contributed by atoms with Crippen molar-refractivity contribution < 1.29 is 4.74 Å². The Morgan fingerprint density at radius 3 is 2.44 bits per heavy atom. The molecule has 0 amide bonds. The van der Waals surface area contributed by atoms with E-state index in [0.717, 1.165) is 11.7 Å². The molecule has 1 saturated carbocycles. The van der Waals surface area contributed by atoms with Gasteiger partial charge in [0.1, 0.15) is 5.75 Å². The van der Waals surface area contributed by atoms with E-state index >= 15 is 0 Å². The predicted molar refractivity (Wildman–Crippen MR) is 66.4 cm³/mol. The van der Waals surface area contributed by atoms with Crippen LogP contribution >= 0.6 is 0 Å². The molecule has 2 nitrogen and oxygen atoms in total. The van der Waals surface area contributed by atoms with Crippen LogP contribution in [0, 0.1) is 11.8 Å². The number of benzene rings is 1. The van der Waals surface area contributed by atoms with Gasteiger partial charge in [0, 0.05) is 6.04 Å². The van der Waals surface area contributed by atoms with Crippen molar-refractivity contribution in [2.45, 2.75) is 32.7 Å². The molecule has 1 fully saturated rings. The van der Waals surface area contributed by atoms with Crippen LogP contribution in [0.3, 0.4) is 0 Å². The number of nitrogens with two attached hydrogens (primary N) is 1. The molecule has 0 spiro atoms. The van der Waals surface area contributed by atoms with E-state index in [1.165, 1.54) is 18.4 Å². The fraction of sp³-hybridized carbons (Fsp3) is 0.571. The summed E-state index contributed by atoms with van der Waals surface area (Å²) in [5.74, 6) is 2.37. The average Bonchev–Trinajstić information content (AvgIpc) is 3.12. The molecule has 0 bridgehead atoms. The Hall–Kier alpha value is -1.02. The third kappa shape index (κ3) is 2.56. The van der Waals surface area contributed by atoms with Gasteiger partial charge in [-0.3, -0.25) is 0 Å². The van der Waals surface area contributed by atoms with Crippen molar-refractivity contribution in [1.82, 2.24) is 0 Å². The molecule has 1 aromatic carbocycles. The van der Waals surface area contributed by atoms with Gasteiger partial charge in [-0.25, -0.2) is 0 Å². The van der Waals surface area contributed by atoms with Gasteiger partial charge in [0.05, 0.1) is 6.61 Å². The van der Waals surface area contributed by atoms with Gasteiger partial charge in [0.15, 0.2) is 0 Å². The Morgan fingerprint density at radius 2 is 1.94 bits per heavy atom. The second-order valence-electron chi connectivity index (χ2n) is 4.72. The fourth-order valence-corrected chi connectivity index (χ4v) is 2.17. The second-order valence-corrected chi connectivity index (χ2v) is 4.72. The molecule has 0 saturated heterocycles. The van der Waals surface area contributed by atoms with Crippen LogP contribution in [-0.2, 0) is 0 Å². The first-order valence-electron chi connectivity index (χ1n) is 6.20. The topological polar surface area (TPSA) is 35.2 Å². The fourth-order valence-electron chi connectivity index (χ4n) is 2.17. The zero-order chi connectivity index (χ0) is 11.5. The SMILES string of the molecule is CCOc1ccc(C(N)C(C)C2CC2)cc1. The largest absolute Gasteiger partial charge is 0.494 e. The molecule has 2 rings (SSSR count). The zero-order valence-corrected chi connectivity index (χ0v) is 10.1.